The van der Waals surface area contributed by atoms with Crippen LogP contribution in [0.2, 0.25) is 0 Å². The number of nitrogens with zero attached hydrogens (tertiary/aromatic N) is 2. The second kappa shape index (κ2) is 8.86. The summed E-state index contributed by atoms with van der Waals surface area (Å²) in [6.45, 7) is 6.34. The summed E-state index contributed by atoms with van der Waals surface area (Å²) in [7, 11) is 0. The topological polar surface area (TPSA) is 82.9 Å². The lowest BCUT2D eigenvalue weighted by molar-refractivity contribution is -0.137. The van der Waals surface area contributed by atoms with Gasteiger partial charge in [0.1, 0.15) is 5.25 Å². The number of carbonyl (C=O) groups is 2. The minimum Gasteiger partial charge on any atom is -0.326 e. The van der Waals surface area contributed by atoms with Crippen LogP contribution in [0, 0.1) is 5.41 Å². The zero-order valence-corrected chi connectivity index (χ0v) is 18.2. The lowest BCUT2D eigenvalue weighted by Gasteiger charge is -2.28. The number of anilines is 1. The molecule has 3 rings (SSSR count). The van der Waals surface area contributed by atoms with Crippen molar-refractivity contribution in [2.24, 2.45) is 15.6 Å². The number of benzene rings is 1. The maximum absolute atomic E-state index is 12.8. The highest BCUT2D eigenvalue weighted by molar-refractivity contribution is 8.15. The first kappa shape index (κ1) is 23.1. The van der Waals surface area contributed by atoms with Crippen molar-refractivity contribution >= 4 is 40.1 Å². The van der Waals surface area contributed by atoms with Crippen molar-refractivity contribution < 1.29 is 22.8 Å². The van der Waals surface area contributed by atoms with Crippen molar-refractivity contribution in [3.05, 3.63) is 41.5 Å². The number of thioether (sulfide) groups is 1. The maximum Gasteiger partial charge on any atom is 0.416 e. The number of rotatable bonds is 4. The molecule has 2 N–H and O–H groups in total. The summed E-state index contributed by atoms with van der Waals surface area (Å²) >= 11 is 1.08. The molecule has 1 aromatic carbocycles. The molecule has 0 spiro atoms. The van der Waals surface area contributed by atoms with Crippen LogP contribution in [0.25, 0.3) is 0 Å². The Morgan fingerprint density at radius 3 is 2.71 bits per heavy atom. The second-order valence-corrected chi connectivity index (χ2v) is 9.62. The van der Waals surface area contributed by atoms with E-state index in [1.165, 1.54) is 17.7 Å². The zero-order chi connectivity index (χ0) is 22.8. The normalized spacial score (nSPS) is 23.6. The van der Waals surface area contributed by atoms with Gasteiger partial charge in [-0.05, 0) is 49.5 Å². The number of amides is 2. The maximum atomic E-state index is 12.8. The Morgan fingerprint density at radius 2 is 2.03 bits per heavy atom. The first-order chi connectivity index (χ1) is 14.4. The Kier molecular flexibility index (Phi) is 6.59. The fourth-order valence-electron chi connectivity index (χ4n) is 3.61. The SMILES string of the molecule is CC1=C/C(=N\N=C2/NC(=O)[C@H](CC(=O)Nc3cccc(C(F)(F)F)c3)S2)CC(C)(C)C1. The van der Waals surface area contributed by atoms with Gasteiger partial charge in [0.05, 0.1) is 11.3 Å². The molecule has 0 radical (unpaired) electrons. The van der Waals surface area contributed by atoms with E-state index in [0.717, 1.165) is 42.4 Å². The monoisotopic (exact) mass is 452 g/mol. The standard InChI is InChI=1S/C21H23F3N4O2S/c1-12-7-15(11-20(2,3)10-12)27-28-19-26-18(30)16(31-19)9-17(29)25-14-6-4-5-13(8-14)21(22,23)24/h4-8,16H,9-11H2,1-3H3,(H,25,29)(H,26,28,30)/b27-15+/t16-/m0/s1. The van der Waals surface area contributed by atoms with Gasteiger partial charge in [-0.2, -0.15) is 18.3 Å². The number of hydrogen-bond donors (Lipinski definition) is 2. The zero-order valence-electron chi connectivity index (χ0n) is 17.3. The smallest absolute Gasteiger partial charge is 0.326 e. The summed E-state index contributed by atoms with van der Waals surface area (Å²) in [5.74, 6) is -0.953. The molecule has 1 fully saturated rings. The van der Waals surface area contributed by atoms with Crippen molar-refractivity contribution in [3.8, 4) is 0 Å². The molecule has 10 heteroatoms. The van der Waals surface area contributed by atoms with Gasteiger partial charge in [-0.3, -0.25) is 9.59 Å². The molecule has 1 aromatic rings. The van der Waals surface area contributed by atoms with Gasteiger partial charge in [-0.15, -0.1) is 5.10 Å². The van der Waals surface area contributed by atoms with Crippen LogP contribution < -0.4 is 10.6 Å². The molecule has 166 valence electrons. The van der Waals surface area contributed by atoms with E-state index in [1.807, 2.05) is 13.0 Å². The van der Waals surface area contributed by atoms with Crippen LogP contribution in [-0.2, 0) is 15.8 Å². The Labute approximate surface area is 182 Å². The highest BCUT2D eigenvalue weighted by Gasteiger charge is 2.33. The highest BCUT2D eigenvalue weighted by Crippen LogP contribution is 2.34. The minimum absolute atomic E-state index is 0.0191. The van der Waals surface area contributed by atoms with E-state index in [4.69, 9.17) is 0 Å². The molecule has 1 aliphatic heterocycles. The number of nitrogens with one attached hydrogen (secondary N) is 2. The molecule has 1 aliphatic carbocycles. The number of amidine groups is 1. The van der Waals surface area contributed by atoms with E-state index in [0.29, 0.717) is 5.17 Å². The molecule has 2 aliphatic rings. The molecule has 31 heavy (non-hydrogen) atoms. The first-order valence-electron chi connectivity index (χ1n) is 9.68. The second-order valence-electron chi connectivity index (χ2n) is 8.43. The average molecular weight is 453 g/mol. The fourth-order valence-corrected chi connectivity index (χ4v) is 4.53. The predicted octanol–water partition coefficient (Wildman–Crippen LogP) is 4.74. The molecular weight excluding hydrogens is 429 g/mol. The molecule has 0 aromatic heterocycles. The lowest BCUT2D eigenvalue weighted by atomic mass is 9.77. The van der Waals surface area contributed by atoms with Crippen molar-refractivity contribution in [2.75, 3.05) is 5.32 Å². The van der Waals surface area contributed by atoms with Crippen LogP contribution >= 0.6 is 11.8 Å². The number of alkyl halides is 3. The van der Waals surface area contributed by atoms with Crippen LogP contribution in [0.4, 0.5) is 18.9 Å². The summed E-state index contributed by atoms with van der Waals surface area (Å²) in [5, 5.41) is 12.9. The Morgan fingerprint density at radius 1 is 1.29 bits per heavy atom. The fraction of sp³-hybridized carbons (Fsp3) is 0.429. The van der Waals surface area contributed by atoms with Gasteiger partial charge in [0.15, 0.2) is 5.17 Å². The van der Waals surface area contributed by atoms with Gasteiger partial charge in [0.2, 0.25) is 11.8 Å². The largest absolute Gasteiger partial charge is 0.416 e. The molecule has 6 nitrogen and oxygen atoms in total. The Hall–Kier alpha value is -2.62. The van der Waals surface area contributed by atoms with Crippen LogP contribution in [0.15, 0.2) is 46.1 Å². The third-order valence-electron chi connectivity index (χ3n) is 4.72. The molecule has 1 atom stereocenters. The predicted molar refractivity (Wildman–Crippen MR) is 116 cm³/mol. The van der Waals surface area contributed by atoms with Crippen molar-refractivity contribution in [2.45, 2.75) is 51.5 Å². The highest BCUT2D eigenvalue weighted by atomic mass is 32.2. The lowest BCUT2D eigenvalue weighted by Crippen LogP contribution is -2.28. The van der Waals surface area contributed by atoms with Crippen molar-refractivity contribution in [1.29, 1.82) is 0 Å². The van der Waals surface area contributed by atoms with Gasteiger partial charge in [0.25, 0.3) is 0 Å². The summed E-state index contributed by atoms with van der Waals surface area (Å²) in [6, 6.07) is 4.34. The van der Waals surface area contributed by atoms with Gasteiger partial charge < -0.3 is 10.6 Å². The molecule has 0 bridgehead atoms. The van der Waals surface area contributed by atoms with Crippen molar-refractivity contribution in [1.82, 2.24) is 5.32 Å². The van der Waals surface area contributed by atoms with E-state index in [-0.39, 0.29) is 23.4 Å². The van der Waals surface area contributed by atoms with E-state index < -0.39 is 22.9 Å². The molecule has 0 saturated carbocycles. The summed E-state index contributed by atoms with van der Waals surface area (Å²) < 4.78 is 38.4. The average Bonchev–Trinajstić information content (AvgIpc) is 2.97. The molecule has 1 saturated heterocycles. The van der Waals surface area contributed by atoms with Crippen molar-refractivity contribution in [3.63, 3.8) is 0 Å². The Bertz CT molecular complexity index is 983. The molecule has 0 unspecified atom stereocenters. The molecular formula is C21H23F3N4O2S. The summed E-state index contributed by atoms with van der Waals surface area (Å²) in [5.41, 5.74) is 1.28. The molecule has 1 heterocycles. The number of allylic oxidation sites excluding steroid dienone is 2. The van der Waals surface area contributed by atoms with Gasteiger partial charge in [-0.1, -0.05) is 37.2 Å². The summed E-state index contributed by atoms with van der Waals surface area (Å²) in [4.78, 5) is 24.4. The van der Waals surface area contributed by atoms with Gasteiger partial charge in [-0.25, -0.2) is 0 Å². The minimum atomic E-state index is -4.50. The van der Waals surface area contributed by atoms with Crippen LogP contribution in [0.5, 0.6) is 0 Å². The molecule has 2 amide bonds. The van der Waals surface area contributed by atoms with E-state index in [9.17, 15) is 22.8 Å². The van der Waals surface area contributed by atoms with Crippen LogP contribution in [-0.4, -0.2) is 27.9 Å². The Balaban J connectivity index is 1.61. The van der Waals surface area contributed by atoms with Crippen LogP contribution in [0.3, 0.4) is 0 Å². The van der Waals surface area contributed by atoms with Crippen LogP contribution in [0.1, 0.15) is 45.6 Å². The van der Waals surface area contributed by atoms with Gasteiger partial charge >= 0.3 is 6.18 Å². The quantitative estimate of drug-likeness (QED) is 0.647. The van der Waals surface area contributed by atoms with E-state index in [1.54, 1.807) is 0 Å². The summed E-state index contributed by atoms with van der Waals surface area (Å²) in [6.07, 6.45) is -0.971. The van der Waals surface area contributed by atoms with E-state index in [2.05, 4.69) is 34.7 Å². The van der Waals surface area contributed by atoms with E-state index >= 15 is 0 Å². The number of carbonyl (C=O) groups excluding carboxylic acids is 2. The van der Waals surface area contributed by atoms with Gasteiger partial charge in [0, 0.05) is 12.1 Å². The third kappa shape index (κ3) is 6.43. The third-order valence-corrected chi connectivity index (χ3v) is 5.79. The first-order valence-corrected chi connectivity index (χ1v) is 10.6. The number of halogens is 3. The number of hydrogen-bond acceptors (Lipinski definition) is 5.